The number of carbonyl (C=O) groups excluding carboxylic acids is 2. The van der Waals surface area contributed by atoms with Gasteiger partial charge in [-0.05, 0) is 48.1 Å². The third-order valence-electron chi connectivity index (χ3n) is 6.86. The summed E-state index contributed by atoms with van der Waals surface area (Å²) in [5, 5.41) is 0. The minimum Gasteiger partial charge on any atom is -0.362 e. The molecule has 1 saturated carbocycles. The zero-order valence-corrected chi connectivity index (χ0v) is 17.6. The summed E-state index contributed by atoms with van der Waals surface area (Å²) in [6.07, 6.45) is 6.96. The van der Waals surface area contributed by atoms with Gasteiger partial charge in [-0.3, -0.25) is 14.5 Å². The highest BCUT2D eigenvalue weighted by Crippen LogP contribution is 2.37. The van der Waals surface area contributed by atoms with Crippen LogP contribution < -0.4 is 0 Å². The van der Waals surface area contributed by atoms with E-state index in [9.17, 15) is 14.0 Å². The molecule has 0 unspecified atom stereocenters. The van der Waals surface area contributed by atoms with Crippen LogP contribution in [0, 0.1) is 5.82 Å². The molecule has 2 aliphatic heterocycles. The monoisotopic (exact) mass is 418 g/mol. The van der Waals surface area contributed by atoms with E-state index in [1.165, 1.54) is 28.2 Å². The Kier molecular flexibility index (Phi) is 5.34. The second-order valence-corrected chi connectivity index (χ2v) is 8.80. The van der Waals surface area contributed by atoms with Crippen LogP contribution in [0.25, 0.3) is 5.57 Å². The second kappa shape index (κ2) is 8.29. The average Bonchev–Trinajstić information content (AvgIpc) is 2.94. The quantitative estimate of drug-likeness (QED) is 0.537. The van der Waals surface area contributed by atoms with E-state index in [1.807, 2.05) is 12.1 Å². The summed E-state index contributed by atoms with van der Waals surface area (Å²) in [5.74, 6) is -0.761. The summed E-state index contributed by atoms with van der Waals surface area (Å²) in [6, 6.07) is 14.2. The van der Waals surface area contributed by atoms with Gasteiger partial charge in [0.05, 0.1) is 5.57 Å². The molecule has 0 atom stereocenters. The number of hydrogen-bond donors (Lipinski definition) is 0. The molecule has 0 aromatic heterocycles. The molecule has 5 heteroatoms. The van der Waals surface area contributed by atoms with Gasteiger partial charge in [0.15, 0.2) is 0 Å². The van der Waals surface area contributed by atoms with Crippen LogP contribution in [0.2, 0.25) is 0 Å². The van der Waals surface area contributed by atoms with Crippen molar-refractivity contribution in [3.63, 3.8) is 0 Å². The summed E-state index contributed by atoms with van der Waals surface area (Å²) in [4.78, 5) is 30.9. The third-order valence-corrected chi connectivity index (χ3v) is 6.86. The zero-order valence-electron chi connectivity index (χ0n) is 17.6. The number of hydrogen-bond acceptors (Lipinski definition) is 3. The van der Waals surface area contributed by atoms with Crippen molar-refractivity contribution < 1.29 is 14.0 Å². The molecule has 2 aromatic carbocycles. The number of carbonyl (C=O) groups is 2. The fraction of sp³-hybridized carbons (Fsp3) is 0.385. The molecule has 2 heterocycles. The largest absolute Gasteiger partial charge is 0.362 e. The Bertz CT molecular complexity index is 1040. The lowest BCUT2D eigenvalue weighted by molar-refractivity contribution is -0.140. The van der Waals surface area contributed by atoms with Crippen molar-refractivity contribution in [3.05, 3.63) is 76.7 Å². The summed E-state index contributed by atoms with van der Waals surface area (Å²) < 4.78 is 13.6. The molecule has 2 aromatic rings. The maximum Gasteiger partial charge on any atom is 0.278 e. The molecule has 2 amide bonds. The van der Waals surface area contributed by atoms with Gasteiger partial charge in [-0.15, -0.1) is 0 Å². The Morgan fingerprint density at radius 1 is 0.806 bits per heavy atom. The number of amides is 2. The van der Waals surface area contributed by atoms with Gasteiger partial charge in [-0.1, -0.05) is 62.1 Å². The summed E-state index contributed by atoms with van der Waals surface area (Å²) in [5.41, 5.74) is 4.00. The van der Waals surface area contributed by atoms with Crippen LogP contribution in [0.4, 0.5) is 4.39 Å². The van der Waals surface area contributed by atoms with Gasteiger partial charge >= 0.3 is 0 Å². The van der Waals surface area contributed by atoms with Crippen LogP contribution in [0.15, 0.2) is 54.2 Å². The Hall–Kier alpha value is -2.95. The summed E-state index contributed by atoms with van der Waals surface area (Å²) >= 11 is 0. The highest BCUT2D eigenvalue weighted by Gasteiger charge is 2.45. The van der Waals surface area contributed by atoms with Crippen molar-refractivity contribution in [2.24, 2.45) is 0 Å². The topological polar surface area (TPSA) is 40.6 Å². The fourth-order valence-electron chi connectivity index (χ4n) is 5.24. The predicted molar refractivity (Wildman–Crippen MR) is 117 cm³/mol. The third kappa shape index (κ3) is 3.67. The molecule has 1 fully saturated rings. The normalized spacial score (nSPS) is 20.3. The molecule has 0 saturated heterocycles. The first kappa shape index (κ1) is 20.0. The molecule has 0 radical (unpaired) electrons. The highest BCUT2D eigenvalue weighted by molar-refractivity contribution is 6.35. The van der Waals surface area contributed by atoms with Gasteiger partial charge in [-0.2, -0.15) is 0 Å². The molecule has 0 bridgehead atoms. The van der Waals surface area contributed by atoms with E-state index >= 15 is 0 Å². The molecular formula is C26H27FN2O2. The first-order valence-electron chi connectivity index (χ1n) is 11.3. The van der Waals surface area contributed by atoms with Crippen molar-refractivity contribution in [2.75, 3.05) is 6.54 Å². The minimum atomic E-state index is -0.352. The lowest BCUT2D eigenvalue weighted by Crippen LogP contribution is -2.43. The average molecular weight is 419 g/mol. The van der Waals surface area contributed by atoms with Gasteiger partial charge in [0.1, 0.15) is 11.5 Å². The predicted octanol–water partition coefficient (Wildman–Crippen LogP) is 4.69. The smallest absolute Gasteiger partial charge is 0.278 e. The molecule has 0 spiro atoms. The van der Waals surface area contributed by atoms with E-state index in [0.29, 0.717) is 29.9 Å². The Morgan fingerprint density at radius 2 is 1.48 bits per heavy atom. The van der Waals surface area contributed by atoms with E-state index in [-0.39, 0.29) is 23.7 Å². The number of fused-ring (bicyclic) bond motifs is 1. The maximum atomic E-state index is 13.7. The van der Waals surface area contributed by atoms with E-state index in [1.54, 1.807) is 12.1 Å². The highest BCUT2D eigenvalue weighted by atomic mass is 19.1. The lowest BCUT2D eigenvalue weighted by Gasteiger charge is -2.32. The molecule has 4 nitrogen and oxygen atoms in total. The Balaban J connectivity index is 1.56. The minimum absolute atomic E-state index is 0.0486. The first-order chi connectivity index (χ1) is 15.1. The van der Waals surface area contributed by atoms with Gasteiger partial charge in [0, 0.05) is 19.1 Å². The fourth-order valence-corrected chi connectivity index (χ4v) is 5.24. The van der Waals surface area contributed by atoms with Gasteiger partial charge < -0.3 is 4.90 Å². The van der Waals surface area contributed by atoms with Gasteiger partial charge in [0.25, 0.3) is 11.8 Å². The zero-order chi connectivity index (χ0) is 21.4. The van der Waals surface area contributed by atoms with Crippen LogP contribution >= 0.6 is 0 Å². The van der Waals surface area contributed by atoms with Crippen LogP contribution in [0.1, 0.15) is 55.2 Å². The lowest BCUT2D eigenvalue weighted by atomic mass is 9.98. The van der Waals surface area contributed by atoms with E-state index in [0.717, 1.165) is 44.9 Å². The first-order valence-corrected chi connectivity index (χ1v) is 11.3. The number of benzene rings is 2. The number of imide groups is 1. The van der Waals surface area contributed by atoms with Crippen molar-refractivity contribution >= 4 is 17.4 Å². The Labute approximate surface area is 182 Å². The molecule has 0 N–H and O–H groups in total. The van der Waals surface area contributed by atoms with Crippen LogP contribution in [0.3, 0.4) is 0 Å². The summed E-state index contributed by atoms with van der Waals surface area (Å²) in [7, 11) is 0. The molecular weight excluding hydrogens is 391 g/mol. The molecule has 1 aliphatic carbocycles. The number of rotatable bonds is 3. The second-order valence-electron chi connectivity index (χ2n) is 8.80. The Morgan fingerprint density at radius 3 is 2.19 bits per heavy atom. The van der Waals surface area contributed by atoms with E-state index in [2.05, 4.69) is 17.0 Å². The van der Waals surface area contributed by atoms with Crippen molar-refractivity contribution in [3.8, 4) is 0 Å². The van der Waals surface area contributed by atoms with Crippen LogP contribution in [-0.2, 0) is 22.6 Å². The van der Waals surface area contributed by atoms with Crippen LogP contribution in [-0.4, -0.2) is 34.2 Å². The molecule has 3 aliphatic rings. The van der Waals surface area contributed by atoms with E-state index in [4.69, 9.17) is 0 Å². The van der Waals surface area contributed by atoms with E-state index < -0.39 is 0 Å². The van der Waals surface area contributed by atoms with Crippen molar-refractivity contribution in [1.82, 2.24) is 9.80 Å². The van der Waals surface area contributed by atoms with Gasteiger partial charge in [0.2, 0.25) is 0 Å². The van der Waals surface area contributed by atoms with Crippen LogP contribution in [0.5, 0.6) is 0 Å². The van der Waals surface area contributed by atoms with Crippen molar-refractivity contribution in [1.29, 1.82) is 0 Å². The van der Waals surface area contributed by atoms with Crippen molar-refractivity contribution in [2.45, 2.75) is 57.5 Å². The SMILES string of the molecule is O=C1C(c2ccc(F)cc2)=C(N2CCc3ccccc3C2)C(=O)N1C1CCCCCC1. The maximum absolute atomic E-state index is 13.7. The molecule has 160 valence electrons. The summed E-state index contributed by atoms with van der Waals surface area (Å²) in [6.45, 7) is 1.29. The molecule has 31 heavy (non-hydrogen) atoms. The molecule has 5 rings (SSSR count). The standard InChI is InChI=1S/C26H27FN2O2/c27-21-13-11-19(12-14-21)23-24(28-16-15-18-7-5-6-8-20(18)17-28)26(31)29(25(23)30)22-9-3-1-2-4-10-22/h5-8,11-14,22H,1-4,9-10,15-17H2. The van der Waals surface area contributed by atoms with Gasteiger partial charge in [-0.25, -0.2) is 4.39 Å². The number of nitrogens with zero attached hydrogens (tertiary/aromatic N) is 2. The number of halogens is 1.